The third-order valence-electron chi connectivity index (χ3n) is 4.96. The average Bonchev–Trinajstić information content (AvgIpc) is 2.94. The maximum absolute atomic E-state index is 6.21. The number of nitrogens with two attached hydrogens (primary N) is 1. The van der Waals surface area contributed by atoms with Gasteiger partial charge in [-0.3, -0.25) is 0 Å². The van der Waals surface area contributed by atoms with Gasteiger partial charge in [0, 0.05) is 30.2 Å². The van der Waals surface area contributed by atoms with E-state index >= 15 is 0 Å². The molecule has 1 aliphatic rings. The zero-order chi connectivity index (χ0) is 18.4. The van der Waals surface area contributed by atoms with Gasteiger partial charge in [-0.1, -0.05) is 0 Å². The molecule has 0 unspecified atom stereocenters. The van der Waals surface area contributed by atoms with Crippen LogP contribution in [-0.2, 0) is 13.1 Å². The Balaban J connectivity index is 1.75. The van der Waals surface area contributed by atoms with Gasteiger partial charge in [0.2, 0.25) is 5.95 Å². The number of hydrogen-bond donors (Lipinski definition) is 1. The highest BCUT2D eigenvalue weighted by Crippen LogP contribution is 2.34. The van der Waals surface area contributed by atoms with Gasteiger partial charge in [0.1, 0.15) is 11.6 Å². The number of nitrogen functional groups attached to an aromatic ring is 1. The first kappa shape index (κ1) is 16.4. The molecule has 1 aromatic carbocycles. The number of aryl methyl sites for hydroxylation is 1. The number of methoxy groups -OCH3 is 2. The van der Waals surface area contributed by atoms with Crippen LogP contribution in [-0.4, -0.2) is 40.3 Å². The standard InChI is InChI=1S/C18H22N6O2/c1-10-11(2)24-6-5-23(9-16(24)20-10)18-21-13-8-15(26-4)14(25-3)7-12(13)17(19)22-18/h7-8H,5-6,9H2,1-4H3,(H2,19,21,22). The molecule has 8 heteroatoms. The van der Waals surface area contributed by atoms with E-state index in [0.717, 1.165) is 35.5 Å². The number of nitrogens with zero attached hydrogens (tertiary/aromatic N) is 5. The summed E-state index contributed by atoms with van der Waals surface area (Å²) in [5.41, 5.74) is 9.22. The molecule has 0 aliphatic carbocycles. The van der Waals surface area contributed by atoms with Gasteiger partial charge in [-0.2, -0.15) is 4.98 Å². The Labute approximate surface area is 151 Å². The molecular weight excluding hydrogens is 332 g/mol. The van der Waals surface area contributed by atoms with Crippen molar-refractivity contribution in [3.63, 3.8) is 0 Å². The highest BCUT2D eigenvalue weighted by Gasteiger charge is 2.23. The molecule has 3 aromatic rings. The monoisotopic (exact) mass is 354 g/mol. The number of anilines is 2. The van der Waals surface area contributed by atoms with Gasteiger partial charge >= 0.3 is 0 Å². The summed E-state index contributed by atoms with van der Waals surface area (Å²) in [6, 6.07) is 3.64. The molecule has 0 spiro atoms. The van der Waals surface area contributed by atoms with E-state index in [9.17, 15) is 0 Å². The predicted octanol–water partition coefficient (Wildman–Crippen LogP) is 2.06. The lowest BCUT2D eigenvalue weighted by atomic mass is 10.2. The van der Waals surface area contributed by atoms with Gasteiger partial charge in [0.25, 0.3) is 0 Å². The minimum Gasteiger partial charge on any atom is -0.493 e. The van der Waals surface area contributed by atoms with E-state index in [4.69, 9.17) is 20.2 Å². The molecule has 136 valence electrons. The van der Waals surface area contributed by atoms with Gasteiger partial charge in [-0.05, 0) is 19.9 Å². The number of ether oxygens (including phenoxy) is 2. The molecule has 0 fully saturated rings. The fourth-order valence-corrected chi connectivity index (χ4v) is 3.39. The minimum absolute atomic E-state index is 0.423. The highest BCUT2D eigenvalue weighted by atomic mass is 16.5. The van der Waals surface area contributed by atoms with Crippen LogP contribution in [0, 0.1) is 13.8 Å². The summed E-state index contributed by atoms with van der Waals surface area (Å²) < 4.78 is 13.0. The normalized spacial score (nSPS) is 13.8. The van der Waals surface area contributed by atoms with Crippen molar-refractivity contribution >= 4 is 22.7 Å². The van der Waals surface area contributed by atoms with Crippen LogP contribution < -0.4 is 20.1 Å². The van der Waals surface area contributed by atoms with Crippen LogP contribution in [0.4, 0.5) is 11.8 Å². The lowest BCUT2D eigenvalue weighted by Crippen LogP contribution is -2.35. The topological polar surface area (TPSA) is 91.3 Å². The van der Waals surface area contributed by atoms with E-state index in [-0.39, 0.29) is 0 Å². The van der Waals surface area contributed by atoms with Crippen LogP contribution in [0.3, 0.4) is 0 Å². The summed E-state index contributed by atoms with van der Waals surface area (Å²) in [6.07, 6.45) is 0. The molecule has 2 N–H and O–H groups in total. The smallest absolute Gasteiger partial charge is 0.228 e. The van der Waals surface area contributed by atoms with Crippen molar-refractivity contribution in [2.24, 2.45) is 0 Å². The van der Waals surface area contributed by atoms with E-state index in [1.807, 2.05) is 19.1 Å². The summed E-state index contributed by atoms with van der Waals surface area (Å²) in [5.74, 6) is 3.28. The second-order valence-corrected chi connectivity index (χ2v) is 6.41. The van der Waals surface area contributed by atoms with Gasteiger partial charge < -0.3 is 24.7 Å². The average molecular weight is 354 g/mol. The molecule has 0 radical (unpaired) electrons. The van der Waals surface area contributed by atoms with Crippen LogP contribution in [0.15, 0.2) is 12.1 Å². The van der Waals surface area contributed by atoms with Crippen LogP contribution in [0.2, 0.25) is 0 Å². The lowest BCUT2D eigenvalue weighted by molar-refractivity contribution is 0.356. The third kappa shape index (κ3) is 2.49. The first-order valence-corrected chi connectivity index (χ1v) is 8.48. The SMILES string of the molecule is COc1cc2nc(N3CCn4c(nc(C)c4C)C3)nc(N)c2cc1OC. The quantitative estimate of drug-likeness (QED) is 0.770. The van der Waals surface area contributed by atoms with Crippen molar-refractivity contribution in [1.82, 2.24) is 19.5 Å². The van der Waals surface area contributed by atoms with Crippen LogP contribution in [0.25, 0.3) is 10.9 Å². The second kappa shape index (κ2) is 6.05. The van der Waals surface area contributed by atoms with E-state index in [2.05, 4.69) is 26.4 Å². The number of fused-ring (bicyclic) bond motifs is 2. The van der Waals surface area contributed by atoms with Crippen molar-refractivity contribution in [3.8, 4) is 11.5 Å². The Morgan fingerprint density at radius 1 is 1.00 bits per heavy atom. The Bertz CT molecular complexity index is 997. The molecule has 2 aromatic heterocycles. The van der Waals surface area contributed by atoms with Crippen LogP contribution in [0.5, 0.6) is 11.5 Å². The largest absolute Gasteiger partial charge is 0.493 e. The molecule has 8 nitrogen and oxygen atoms in total. The van der Waals surface area contributed by atoms with Crippen LogP contribution >= 0.6 is 0 Å². The van der Waals surface area contributed by atoms with Crippen molar-refractivity contribution in [2.45, 2.75) is 26.9 Å². The minimum atomic E-state index is 0.423. The zero-order valence-corrected chi connectivity index (χ0v) is 15.4. The predicted molar refractivity (Wildman–Crippen MR) is 99.8 cm³/mol. The summed E-state index contributed by atoms with van der Waals surface area (Å²) in [4.78, 5) is 16.0. The number of hydrogen-bond acceptors (Lipinski definition) is 7. The molecule has 26 heavy (non-hydrogen) atoms. The number of aromatic nitrogens is 4. The molecular formula is C18H22N6O2. The molecule has 0 atom stereocenters. The Morgan fingerprint density at radius 2 is 1.73 bits per heavy atom. The van der Waals surface area contributed by atoms with E-state index < -0.39 is 0 Å². The highest BCUT2D eigenvalue weighted by molar-refractivity contribution is 5.91. The maximum atomic E-state index is 6.21. The Hall–Kier alpha value is -3.03. The van der Waals surface area contributed by atoms with Gasteiger partial charge in [-0.25, -0.2) is 9.97 Å². The Kier molecular flexibility index (Phi) is 3.82. The molecule has 1 aliphatic heterocycles. The van der Waals surface area contributed by atoms with Crippen molar-refractivity contribution in [3.05, 3.63) is 29.3 Å². The van der Waals surface area contributed by atoms with E-state index in [1.165, 1.54) is 5.69 Å². The second-order valence-electron chi connectivity index (χ2n) is 6.41. The maximum Gasteiger partial charge on any atom is 0.228 e. The molecule has 3 heterocycles. The lowest BCUT2D eigenvalue weighted by Gasteiger charge is -2.28. The van der Waals surface area contributed by atoms with Crippen molar-refractivity contribution < 1.29 is 9.47 Å². The van der Waals surface area contributed by atoms with Gasteiger partial charge in [-0.15, -0.1) is 0 Å². The molecule has 0 saturated heterocycles. The number of benzene rings is 1. The molecule has 0 bridgehead atoms. The molecule has 4 rings (SSSR count). The fraction of sp³-hybridized carbons (Fsp3) is 0.389. The third-order valence-corrected chi connectivity index (χ3v) is 4.96. The summed E-state index contributed by atoms with van der Waals surface area (Å²) in [5, 5.41) is 0.747. The Morgan fingerprint density at radius 3 is 2.46 bits per heavy atom. The van der Waals surface area contributed by atoms with Crippen molar-refractivity contribution in [2.75, 3.05) is 31.4 Å². The molecule has 0 saturated carbocycles. The number of imidazole rings is 1. The van der Waals surface area contributed by atoms with E-state index in [1.54, 1.807) is 14.2 Å². The van der Waals surface area contributed by atoms with Crippen molar-refractivity contribution in [1.29, 1.82) is 0 Å². The summed E-state index contributed by atoms with van der Waals surface area (Å²) in [6.45, 7) is 6.46. The summed E-state index contributed by atoms with van der Waals surface area (Å²) >= 11 is 0. The van der Waals surface area contributed by atoms with E-state index in [0.29, 0.717) is 29.8 Å². The zero-order valence-electron chi connectivity index (χ0n) is 15.4. The summed E-state index contributed by atoms with van der Waals surface area (Å²) in [7, 11) is 3.19. The fourth-order valence-electron chi connectivity index (χ4n) is 3.39. The van der Waals surface area contributed by atoms with Crippen LogP contribution in [0.1, 0.15) is 17.2 Å². The van der Waals surface area contributed by atoms with Gasteiger partial charge in [0.15, 0.2) is 11.5 Å². The first-order valence-electron chi connectivity index (χ1n) is 8.48. The van der Waals surface area contributed by atoms with Gasteiger partial charge in [0.05, 0.1) is 32.0 Å². The molecule has 0 amide bonds. The first-order chi connectivity index (χ1) is 12.5. The number of rotatable bonds is 3.